The van der Waals surface area contributed by atoms with E-state index >= 15 is 0 Å². The molecule has 0 bridgehead atoms. The second kappa shape index (κ2) is 7.06. The van der Waals surface area contributed by atoms with Gasteiger partial charge in [0.25, 0.3) is 5.69 Å². The van der Waals surface area contributed by atoms with Gasteiger partial charge in [0.15, 0.2) is 5.16 Å². The second-order valence-corrected chi connectivity index (χ2v) is 6.79. The Balaban J connectivity index is 1.86. The Morgan fingerprint density at radius 2 is 1.88 bits per heavy atom. The Morgan fingerprint density at radius 1 is 1.08 bits per heavy atom. The third-order valence-electron chi connectivity index (χ3n) is 4.03. The zero-order valence-electron chi connectivity index (χ0n) is 14.3. The Bertz CT molecular complexity index is 937. The van der Waals surface area contributed by atoms with Gasteiger partial charge in [-0.05, 0) is 49.6 Å². The lowest BCUT2D eigenvalue weighted by Gasteiger charge is -2.10. The van der Waals surface area contributed by atoms with E-state index in [0.29, 0.717) is 5.75 Å². The largest absolute Gasteiger partial charge is 0.274 e. The highest BCUT2D eigenvalue weighted by Gasteiger charge is 2.13. The summed E-state index contributed by atoms with van der Waals surface area (Å²) < 4.78 is 2.01. The smallest absolute Gasteiger partial charge is 0.269 e. The minimum atomic E-state index is -0.379. The summed E-state index contributed by atoms with van der Waals surface area (Å²) in [6.45, 7) is 6.07. The van der Waals surface area contributed by atoms with Crippen molar-refractivity contribution in [3.05, 3.63) is 75.1 Å². The van der Waals surface area contributed by atoms with Gasteiger partial charge in [0.1, 0.15) is 5.82 Å². The van der Waals surface area contributed by atoms with Gasteiger partial charge >= 0.3 is 0 Å². The fourth-order valence-corrected chi connectivity index (χ4v) is 3.45. The summed E-state index contributed by atoms with van der Waals surface area (Å²) in [5, 5.41) is 20.1. The van der Waals surface area contributed by atoms with Gasteiger partial charge < -0.3 is 0 Å². The van der Waals surface area contributed by atoms with Gasteiger partial charge in [-0.25, -0.2) is 0 Å². The van der Waals surface area contributed by atoms with Crippen LogP contribution in [0.1, 0.15) is 22.5 Å². The number of rotatable bonds is 5. The number of non-ortho nitro benzene ring substituents is 1. The SMILES string of the molecule is Cc1ccc(-n2c(C)nnc2SCc2cccc([N+](=O)[O-])c2)cc1C. The first-order valence-corrected chi connectivity index (χ1v) is 8.80. The van der Waals surface area contributed by atoms with Crippen molar-refractivity contribution in [1.29, 1.82) is 0 Å². The molecular formula is C18H18N4O2S. The average Bonchev–Trinajstić information content (AvgIpc) is 2.96. The monoisotopic (exact) mass is 354 g/mol. The van der Waals surface area contributed by atoms with E-state index in [1.165, 1.54) is 29.0 Å². The number of nitro groups is 1. The molecule has 0 N–H and O–H groups in total. The molecule has 0 amide bonds. The maximum atomic E-state index is 10.9. The normalized spacial score (nSPS) is 10.8. The van der Waals surface area contributed by atoms with Crippen molar-refractivity contribution in [1.82, 2.24) is 14.8 Å². The first-order chi connectivity index (χ1) is 12.0. The Morgan fingerprint density at radius 3 is 2.60 bits per heavy atom. The second-order valence-electron chi connectivity index (χ2n) is 5.85. The highest BCUT2D eigenvalue weighted by Crippen LogP contribution is 2.27. The summed E-state index contributed by atoms with van der Waals surface area (Å²) >= 11 is 1.51. The van der Waals surface area contributed by atoms with Crippen LogP contribution in [0, 0.1) is 30.9 Å². The summed E-state index contributed by atoms with van der Waals surface area (Å²) in [7, 11) is 0. The number of aromatic nitrogens is 3. The molecule has 1 aromatic heterocycles. The highest BCUT2D eigenvalue weighted by atomic mass is 32.2. The molecule has 0 unspecified atom stereocenters. The molecule has 7 heteroatoms. The molecule has 0 aliphatic heterocycles. The topological polar surface area (TPSA) is 73.8 Å². The molecule has 2 aromatic carbocycles. The highest BCUT2D eigenvalue weighted by molar-refractivity contribution is 7.98. The lowest BCUT2D eigenvalue weighted by atomic mass is 10.1. The minimum Gasteiger partial charge on any atom is -0.274 e. The first-order valence-electron chi connectivity index (χ1n) is 7.81. The van der Waals surface area contributed by atoms with Crippen LogP contribution in [0.15, 0.2) is 47.6 Å². The van der Waals surface area contributed by atoms with E-state index < -0.39 is 0 Å². The third-order valence-corrected chi connectivity index (χ3v) is 5.03. The van der Waals surface area contributed by atoms with Crippen molar-refractivity contribution in [3.8, 4) is 5.69 Å². The standard InChI is InChI=1S/C18H18N4O2S/c1-12-7-8-16(9-13(12)2)21-14(3)19-20-18(21)25-11-15-5-4-6-17(10-15)22(23)24/h4-10H,11H2,1-3H3. The molecule has 0 saturated heterocycles. The number of hydrogen-bond donors (Lipinski definition) is 0. The molecule has 25 heavy (non-hydrogen) atoms. The van der Waals surface area contributed by atoms with Crippen LogP contribution in [0.2, 0.25) is 0 Å². The van der Waals surface area contributed by atoms with Gasteiger partial charge in [-0.3, -0.25) is 14.7 Å². The van der Waals surface area contributed by atoms with E-state index in [9.17, 15) is 10.1 Å². The van der Waals surface area contributed by atoms with Crippen LogP contribution in [0.4, 0.5) is 5.69 Å². The van der Waals surface area contributed by atoms with Gasteiger partial charge in [-0.15, -0.1) is 10.2 Å². The van der Waals surface area contributed by atoms with Crippen molar-refractivity contribution in [2.75, 3.05) is 0 Å². The minimum absolute atomic E-state index is 0.102. The van der Waals surface area contributed by atoms with Gasteiger partial charge in [-0.1, -0.05) is 30.0 Å². The van der Waals surface area contributed by atoms with Crippen LogP contribution in [0.5, 0.6) is 0 Å². The molecule has 3 aromatic rings. The average molecular weight is 354 g/mol. The molecule has 0 atom stereocenters. The van der Waals surface area contributed by atoms with Crippen molar-refractivity contribution >= 4 is 17.4 Å². The van der Waals surface area contributed by atoms with Crippen molar-refractivity contribution in [2.45, 2.75) is 31.7 Å². The van der Waals surface area contributed by atoms with Gasteiger partial charge in [0, 0.05) is 23.6 Å². The third kappa shape index (κ3) is 3.71. The van der Waals surface area contributed by atoms with Crippen LogP contribution in [0.3, 0.4) is 0 Å². The molecule has 0 radical (unpaired) electrons. The van der Waals surface area contributed by atoms with E-state index in [2.05, 4.69) is 42.2 Å². The fourth-order valence-electron chi connectivity index (χ4n) is 2.51. The van der Waals surface area contributed by atoms with Crippen molar-refractivity contribution < 1.29 is 4.92 Å². The number of benzene rings is 2. The van der Waals surface area contributed by atoms with E-state index in [1.807, 2.05) is 17.6 Å². The Labute approximate surface area is 150 Å². The molecule has 1 heterocycles. The number of nitro benzene ring substituents is 1. The predicted octanol–water partition coefficient (Wildman–Crippen LogP) is 4.39. The van der Waals surface area contributed by atoms with Crippen molar-refractivity contribution in [2.24, 2.45) is 0 Å². The summed E-state index contributed by atoms with van der Waals surface area (Å²) in [5.74, 6) is 1.40. The molecule has 0 fully saturated rings. The summed E-state index contributed by atoms with van der Waals surface area (Å²) in [4.78, 5) is 10.5. The van der Waals surface area contributed by atoms with Gasteiger partial charge in [-0.2, -0.15) is 0 Å². The molecule has 0 aliphatic carbocycles. The molecule has 128 valence electrons. The number of aryl methyl sites for hydroxylation is 3. The summed E-state index contributed by atoms with van der Waals surface area (Å²) in [6.07, 6.45) is 0. The van der Waals surface area contributed by atoms with E-state index in [1.54, 1.807) is 12.1 Å². The fraction of sp³-hybridized carbons (Fsp3) is 0.222. The van der Waals surface area contributed by atoms with Crippen LogP contribution >= 0.6 is 11.8 Å². The van der Waals surface area contributed by atoms with Crippen LogP contribution in [-0.2, 0) is 5.75 Å². The van der Waals surface area contributed by atoms with E-state index in [-0.39, 0.29) is 10.6 Å². The van der Waals surface area contributed by atoms with Crippen LogP contribution in [-0.4, -0.2) is 19.7 Å². The van der Waals surface area contributed by atoms with Crippen LogP contribution < -0.4 is 0 Å². The maximum absolute atomic E-state index is 10.9. The summed E-state index contributed by atoms with van der Waals surface area (Å²) in [6, 6.07) is 12.9. The molecule has 0 spiro atoms. The lowest BCUT2D eigenvalue weighted by molar-refractivity contribution is -0.384. The molecular weight excluding hydrogens is 336 g/mol. The van der Waals surface area contributed by atoms with Crippen molar-refractivity contribution in [3.63, 3.8) is 0 Å². The van der Waals surface area contributed by atoms with Gasteiger partial charge in [0.2, 0.25) is 0 Å². The van der Waals surface area contributed by atoms with Gasteiger partial charge in [0.05, 0.1) is 4.92 Å². The van der Waals surface area contributed by atoms with E-state index in [4.69, 9.17) is 0 Å². The number of nitrogens with zero attached hydrogens (tertiary/aromatic N) is 4. The number of thioether (sulfide) groups is 1. The zero-order chi connectivity index (χ0) is 18.0. The van der Waals surface area contributed by atoms with Crippen LogP contribution in [0.25, 0.3) is 5.69 Å². The first kappa shape index (κ1) is 17.2. The summed E-state index contributed by atoms with van der Waals surface area (Å²) in [5.41, 5.74) is 4.45. The molecule has 0 saturated carbocycles. The number of hydrogen-bond acceptors (Lipinski definition) is 5. The lowest BCUT2D eigenvalue weighted by Crippen LogP contribution is -2.00. The Kier molecular flexibility index (Phi) is 4.85. The molecule has 6 nitrogen and oxygen atoms in total. The van der Waals surface area contributed by atoms with E-state index in [0.717, 1.165) is 22.2 Å². The zero-order valence-corrected chi connectivity index (χ0v) is 15.1. The maximum Gasteiger partial charge on any atom is 0.269 e. The Hall–Kier alpha value is -2.67. The predicted molar refractivity (Wildman–Crippen MR) is 98.2 cm³/mol. The molecule has 3 rings (SSSR count). The molecule has 0 aliphatic rings. The quantitative estimate of drug-likeness (QED) is 0.386.